The molecule has 2 aromatic heterocycles. The molecule has 0 saturated carbocycles. The van der Waals surface area contributed by atoms with Gasteiger partial charge in [0.15, 0.2) is 0 Å². The Bertz CT molecular complexity index is 1170. The topological polar surface area (TPSA) is 64.0 Å². The van der Waals surface area contributed by atoms with Crippen LogP contribution in [0, 0.1) is 19.8 Å². The molecule has 0 spiro atoms. The molecule has 7 heteroatoms. The van der Waals surface area contributed by atoms with Crippen molar-refractivity contribution in [2.45, 2.75) is 71.2 Å². The lowest BCUT2D eigenvalue weighted by atomic mass is 10.0. The van der Waals surface area contributed by atoms with Gasteiger partial charge in [0.1, 0.15) is 10.0 Å². The van der Waals surface area contributed by atoms with Crippen molar-refractivity contribution in [2.24, 2.45) is 5.92 Å². The van der Waals surface area contributed by atoms with E-state index in [-0.39, 0.29) is 0 Å². The molecule has 0 aliphatic rings. The summed E-state index contributed by atoms with van der Waals surface area (Å²) in [5.41, 5.74) is 3.50. The minimum Gasteiger partial charge on any atom is -0.331 e. The summed E-state index contributed by atoms with van der Waals surface area (Å²) in [5, 5.41) is 0. The summed E-state index contributed by atoms with van der Waals surface area (Å²) < 4.78 is 31.8. The Labute approximate surface area is 190 Å². The van der Waals surface area contributed by atoms with Gasteiger partial charge < -0.3 is 4.57 Å². The lowest BCUT2D eigenvalue weighted by Gasteiger charge is -2.20. The molecule has 0 fully saturated rings. The van der Waals surface area contributed by atoms with E-state index in [1.165, 1.54) is 16.9 Å². The molecule has 0 unspecified atom stereocenters. The molecule has 0 amide bonds. The average Bonchev–Trinajstić information content (AvgIpc) is 3.21. The quantitative estimate of drug-likeness (QED) is 0.504. The third-order valence-electron chi connectivity index (χ3n) is 4.96. The Morgan fingerprint density at radius 2 is 1.87 bits per heavy atom. The smallest absolute Gasteiger partial charge is 0.251 e. The Morgan fingerprint density at radius 1 is 1.16 bits per heavy atom. The van der Waals surface area contributed by atoms with Crippen molar-refractivity contribution in [3.05, 3.63) is 58.5 Å². The van der Waals surface area contributed by atoms with Crippen LogP contribution in [0.3, 0.4) is 0 Å². The second kappa shape index (κ2) is 8.88. The van der Waals surface area contributed by atoms with Crippen molar-refractivity contribution in [3.8, 4) is 11.1 Å². The Morgan fingerprint density at radius 3 is 2.42 bits per heavy atom. The lowest BCUT2D eigenvalue weighted by Crippen LogP contribution is -2.40. The van der Waals surface area contributed by atoms with Gasteiger partial charge in [-0.1, -0.05) is 32.0 Å². The molecule has 168 valence electrons. The Kier molecular flexibility index (Phi) is 6.79. The van der Waals surface area contributed by atoms with E-state index in [0.29, 0.717) is 10.1 Å². The third-order valence-corrected chi connectivity index (χ3v) is 8.41. The van der Waals surface area contributed by atoms with Gasteiger partial charge in [-0.25, -0.2) is 18.1 Å². The van der Waals surface area contributed by atoms with E-state index in [9.17, 15) is 8.42 Å². The number of nitrogens with one attached hydrogen (secondary N) is 1. The molecule has 0 aliphatic heterocycles. The van der Waals surface area contributed by atoms with Crippen LogP contribution in [0.1, 0.15) is 56.4 Å². The molecule has 0 bridgehead atoms. The van der Waals surface area contributed by atoms with Crippen LogP contribution in [0.5, 0.6) is 0 Å². The number of thiophene rings is 1. The highest BCUT2D eigenvalue weighted by Crippen LogP contribution is 2.37. The Hall–Kier alpha value is -1.96. The van der Waals surface area contributed by atoms with Crippen molar-refractivity contribution in [1.82, 2.24) is 14.3 Å². The molecule has 3 aromatic rings. The van der Waals surface area contributed by atoms with Crippen LogP contribution in [-0.4, -0.2) is 23.5 Å². The first-order valence-corrected chi connectivity index (χ1v) is 12.9. The van der Waals surface area contributed by atoms with Gasteiger partial charge in [0.05, 0.1) is 0 Å². The second-order valence-electron chi connectivity index (χ2n) is 9.61. The second-order valence-corrected chi connectivity index (χ2v) is 12.6. The minimum atomic E-state index is -3.63. The van der Waals surface area contributed by atoms with Crippen molar-refractivity contribution < 1.29 is 8.42 Å². The van der Waals surface area contributed by atoms with Crippen LogP contribution in [0.2, 0.25) is 0 Å². The predicted molar refractivity (Wildman–Crippen MR) is 129 cm³/mol. The molecule has 3 rings (SSSR count). The molecular formula is C24H33N3O2S2. The van der Waals surface area contributed by atoms with E-state index in [1.807, 2.05) is 40.0 Å². The summed E-state index contributed by atoms with van der Waals surface area (Å²) in [4.78, 5) is 5.38. The van der Waals surface area contributed by atoms with Gasteiger partial charge in [-0.2, -0.15) is 0 Å². The van der Waals surface area contributed by atoms with Gasteiger partial charge in [0, 0.05) is 34.9 Å². The number of hydrogen-bond acceptors (Lipinski definition) is 4. The fourth-order valence-corrected chi connectivity index (χ4v) is 6.94. The van der Waals surface area contributed by atoms with E-state index in [4.69, 9.17) is 0 Å². The number of sulfonamides is 1. The van der Waals surface area contributed by atoms with Gasteiger partial charge in [-0.05, 0) is 69.7 Å². The zero-order valence-corrected chi connectivity index (χ0v) is 21.1. The maximum Gasteiger partial charge on any atom is 0.251 e. The third kappa shape index (κ3) is 5.84. The number of hydrogen-bond donors (Lipinski definition) is 1. The van der Waals surface area contributed by atoms with Gasteiger partial charge in [-0.3, -0.25) is 0 Å². The van der Waals surface area contributed by atoms with Crippen LogP contribution >= 0.6 is 11.3 Å². The van der Waals surface area contributed by atoms with E-state index < -0.39 is 15.6 Å². The molecule has 2 heterocycles. The molecule has 31 heavy (non-hydrogen) atoms. The first-order chi connectivity index (χ1) is 14.4. The normalized spacial score (nSPS) is 12.6. The maximum absolute atomic E-state index is 13.2. The highest BCUT2D eigenvalue weighted by atomic mass is 32.2. The zero-order chi connectivity index (χ0) is 23.0. The first-order valence-electron chi connectivity index (χ1n) is 10.6. The van der Waals surface area contributed by atoms with Gasteiger partial charge in [0.2, 0.25) is 0 Å². The number of rotatable bonds is 7. The fraction of sp³-hybridized carbons (Fsp3) is 0.458. The number of nitrogens with zero attached hydrogens (tertiary/aromatic N) is 2. The first kappa shape index (κ1) is 23.7. The molecule has 1 N–H and O–H groups in total. The molecular weight excluding hydrogens is 426 g/mol. The summed E-state index contributed by atoms with van der Waals surface area (Å²) in [7, 11) is -3.63. The number of aryl methyl sites for hydroxylation is 2. The molecule has 0 aliphatic carbocycles. The molecule has 0 radical (unpaired) electrons. The van der Waals surface area contributed by atoms with Gasteiger partial charge in [-0.15, -0.1) is 11.3 Å². The van der Waals surface area contributed by atoms with E-state index in [2.05, 4.69) is 53.2 Å². The van der Waals surface area contributed by atoms with Gasteiger partial charge >= 0.3 is 0 Å². The van der Waals surface area contributed by atoms with E-state index in [1.54, 1.807) is 6.20 Å². The van der Waals surface area contributed by atoms with E-state index in [0.717, 1.165) is 40.4 Å². The van der Waals surface area contributed by atoms with Gasteiger partial charge in [0.25, 0.3) is 10.0 Å². The summed E-state index contributed by atoms with van der Waals surface area (Å²) in [6, 6.07) is 8.28. The molecule has 5 nitrogen and oxygen atoms in total. The zero-order valence-electron chi connectivity index (χ0n) is 19.5. The minimum absolute atomic E-state index is 0.399. The molecule has 0 saturated heterocycles. The summed E-state index contributed by atoms with van der Waals surface area (Å²) in [6.07, 6.45) is 4.64. The summed E-state index contributed by atoms with van der Waals surface area (Å²) in [5.74, 6) is 1.43. The van der Waals surface area contributed by atoms with Crippen molar-refractivity contribution in [3.63, 3.8) is 0 Å². The van der Waals surface area contributed by atoms with Crippen molar-refractivity contribution in [2.75, 3.05) is 0 Å². The molecule has 1 aromatic carbocycles. The average molecular weight is 460 g/mol. The monoisotopic (exact) mass is 459 g/mol. The van der Waals surface area contributed by atoms with Crippen LogP contribution in [-0.2, 0) is 23.0 Å². The van der Waals surface area contributed by atoms with Crippen molar-refractivity contribution in [1.29, 1.82) is 0 Å². The van der Waals surface area contributed by atoms with Crippen molar-refractivity contribution >= 4 is 21.4 Å². The number of benzene rings is 1. The van der Waals surface area contributed by atoms with Crippen LogP contribution in [0.25, 0.3) is 11.1 Å². The summed E-state index contributed by atoms with van der Waals surface area (Å²) in [6.45, 7) is 14.7. The highest BCUT2D eigenvalue weighted by Gasteiger charge is 2.28. The van der Waals surface area contributed by atoms with Crippen LogP contribution in [0.15, 0.2) is 40.9 Å². The highest BCUT2D eigenvalue weighted by molar-refractivity contribution is 7.91. The maximum atomic E-state index is 13.2. The lowest BCUT2D eigenvalue weighted by molar-refractivity contribution is 0.493. The standard InChI is InChI=1S/C24H33N3O2S2/c1-16(2)12-21-14-22(23(30-21)31(28,29)26-24(5,6)7)19-8-9-20(17(3)13-19)15-27-11-10-25-18(27)4/h8-11,13-14,16,26H,12,15H2,1-7H3. The summed E-state index contributed by atoms with van der Waals surface area (Å²) >= 11 is 1.38. The van der Waals surface area contributed by atoms with Crippen LogP contribution in [0.4, 0.5) is 0 Å². The number of aromatic nitrogens is 2. The SMILES string of the molecule is Cc1cc(-c2cc(CC(C)C)sc2S(=O)(=O)NC(C)(C)C)ccc1Cn1ccnc1C. The Balaban J connectivity index is 2.03. The van der Waals surface area contributed by atoms with E-state index >= 15 is 0 Å². The van der Waals surface area contributed by atoms with Crippen LogP contribution < -0.4 is 4.72 Å². The fourth-order valence-electron chi connectivity index (χ4n) is 3.57. The molecule has 0 atom stereocenters. The predicted octanol–water partition coefficient (Wildman–Crippen LogP) is 5.55. The number of imidazole rings is 1. The largest absolute Gasteiger partial charge is 0.331 e.